The van der Waals surface area contributed by atoms with E-state index in [-0.39, 0.29) is 5.97 Å². The second kappa shape index (κ2) is 9.64. The van der Waals surface area contributed by atoms with E-state index in [0.717, 1.165) is 24.5 Å². The molecule has 29 heavy (non-hydrogen) atoms. The van der Waals surface area contributed by atoms with E-state index in [1.54, 1.807) is 31.5 Å². The van der Waals surface area contributed by atoms with Gasteiger partial charge in [0, 0.05) is 37.7 Å². The maximum Gasteiger partial charge on any atom is 0.338 e. The molecule has 0 unspecified atom stereocenters. The van der Waals surface area contributed by atoms with Crippen molar-refractivity contribution in [2.24, 2.45) is 0 Å². The number of benzene rings is 1. The van der Waals surface area contributed by atoms with E-state index in [4.69, 9.17) is 4.74 Å². The maximum absolute atomic E-state index is 11.8. The molecule has 0 amide bonds. The lowest BCUT2D eigenvalue weighted by Crippen LogP contribution is -2.22. The Morgan fingerprint density at radius 2 is 1.83 bits per heavy atom. The van der Waals surface area contributed by atoms with E-state index in [1.165, 1.54) is 5.56 Å². The first-order chi connectivity index (χ1) is 14.0. The fraction of sp³-hybridized carbons (Fsp3) is 0.273. The molecule has 150 valence electrons. The van der Waals surface area contributed by atoms with Gasteiger partial charge in [-0.1, -0.05) is 0 Å². The van der Waals surface area contributed by atoms with Crippen molar-refractivity contribution in [2.45, 2.75) is 20.3 Å². The number of nitrogens with one attached hydrogen (secondary N) is 1. The van der Waals surface area contributed by atoms with Crippen LogP contribution < -0.4 is 10.2 Å². The second-order valence-corrected chi connectivity index (χ2v) is 6.61. The molecule has 7 heteroatoms. The predicted octanol–water partition coefficient (Wildman–Crippen LogP) is 3.78. The Kier molecular flexibility index (Phi) is 6.73. The largest absolute Gasteiger partial charge is 0.462 e. The Morgan fingerprint density at radius 1 is 1.10 bits per heavy atom. The number of aryl methyl sites for hydroxylation is 1. The molecule has 2 aromatic heterocycles. The molecule has 0 aliphatic rings. The summed E-state index contributed by atoms with van der Waals surface area (Å²) in [6, 6.07) is 13.1. The van der Waals surface area contributed by atoms with Crippen molar-refractivity contribution in [3.8, 4) is 0 Å². The Labute approximate surface area is 170 Å². The predicted molar refractivity (Wildman–Crippen MR) is 114 cm³/mol. The van der Waals surface area contributed by atoms with Crippen molar-refractivity contribution < 1.29 is 9.53 Å². The van der Waals surface area contributed by atoms with Gasteiger partial charge in [0.15, 0.2) is 0 Å². The Hall–Kier alpha value is -3.48. The van der Waals surface area contributed by atoms with E-state index in [1.807, 2.05) is 44.3 Å². The summed E-state index contributed by atoms with van der Waals surface area (Å²) in [4.78, 5) is 26.9. The Bertz CT molecular complexity index is 945. The minimum Gasteiger partial charge on any atom is -0.462 e. The molecule has 0 saturated heterocycles. The average Bonchev–Trinajstić information content (AvgIpc) is 2.73. The Morgan fingerprint density at radius 3 is 2.52 bits per heavy atom. The number of hydrogen-bond donors (Lipinski definition) is 1. The van der Waals surface area contributed by atoms with Crippen molar-refractivity contribution in [3.63, 3.8) is 0 Å². The topological polar surface area (TPSA) is 80.2 Å². The van der Waals surface area contributed by atoms with Crippen LogP contribution in [0.3, 0.4) is 0 Å². The molecule has 1 aromatic carbocycles. The van der Waals surface area contributed by atoms with E-state index >= 15 is 0 Å². The number of carbonyl (C=O) groups excluding carboxylic acids is 1. The van der Waals surface area contributed by atoms with Crippen LogP contribution in [0.4, 0.5) is 17.3 Å². The summed E-state index contributed by atoms with van der Waals surface area (Å²) in [5.41, 5.74) is 2.59. The summed E-state index contributed by atoms with van der Waals surface area (Å²) in [6.07, 6.45) is 4.51. The average molecular weight is 391 g/mol. The van der Waals surface area contributed by atoms with Crippen LogP contribution in [0.5, 0.6) is 0 Å². The van der Waals surface area contributed by atoms with E-state index in [0.29, 0.717) is 23.8 Å². The van der Waals surface area contributed by atoms with Crippen LogP contribution in [0.1, 0.15) is 28.7 Å². The van der Waals surface area contributed by atoms with Crippen LogP contribution in [0.25, 0.3) is 0 Å². The highest BCUT2D eigenvalue weighted by Crippen LogP contribution is 2.20. The zero-order valence-corrected chi connectivity index (χ0v) is 16.9. The van der Waals surface area contributed by atoms with Gasteiger partial charge in [-0.2, -0.15) is 0 Å². The summed E-state index contributed by atoms with van der Waals surface area (Å²) in [6.45, 7) is 4.84. The fourth-order valence-electron chi connectivity index (χ4n) is 2.82. The normalized spacial score (nSPS) is 10.4. The zero-order valence-electron chi connectivity index (χ0n) is 16.9. The lowest BCUT2D eigenvalue weighted by molar-refractivity contribution is 0.0526. The fourth-order valence-corrected chi connectivity index (χ4v) is 2.82. The van der Waals surface area contributed by atoms with Gasteiger partial charge in [0.25, 0.3) is 0 Å². The van der Waals surface area contributed by atoms with Crippen molar-refractivity contribution in [1.82, 2.24) is 15.0 Å². The van der Waals surface area contributed by atoms with Crippen molar-refractivity contribution in [1.29, 1.82) is 0 Å². The number of esters is 1. The minimum absolute atomic E-state index is 0.324. The van der Waals surface area contributed by atoms with Gasteiger partial charge in [-0.25, -0.2) is 14.8 Å². The van der Waals surface area contributed by atoms with Crippen LogP contribution in [0, 0.1) is 6.92 Å². The summed E-state index contributed by atoms with van der Waals surface area (Å²) in [7, 11) is 2.01. The summed E-state index contributed by atoms with van der Waals surface area (Å²) < 4.78 is 5.01. The van der Waals surface area contributed by atoms with Crippen LogP contribution in [-0.4, -0.2) is 41.1 Å². The third kappa shape index (κ3) is 5.75. The highest BCUT2D eigenvalue weighted by molar-refractivity contribution is 5.89. The molecule has 3 rings (SSSR count). The quantitative estimate of drug-likeness (QED) is 0.585. The van der Waals surface area contributed by atoms with Gasteiger partial charge < -0.3 is 15.0 Å². The molecule has 0 fully saturated rings. The molecule has 0 atom stereocenters. The molecule has 2 heterocycles. The SMILES string of the molecule is CCOC(=O)c1ccc(Nc2cc(N(C)CCc3ccncc3)nc(C)n2)cc1. The lowest BCUT2D eigenvalue weighted by atomic mass is 10.2. The molecule has 0 radical (unpaired) electrons. The number of carbonyl (C=O) groups is 1. The monoisotopic (exact) mass is 391 g/mol. The van der Waals surface area contributed by atoms with Crippen molar-refractivity contribution in [2.75, 3.05) is 30.4 Å². The van der Waals surface area contributed by atoms with E-state index < -0.39 is 0 Å². The van der Waals surface area contributed by atoms with Gasteiger partial charge in [-0.15, -0.1) is 0 Å². The number of anilines is 3. The molecule has 0 aliphatic heterocycles. The molecular formula is C22H25N5O2. The van der Waals surface area contributed by atoms with Crippen LogP contribution in [0.15, 0.2) is 54.9 Å². The van der Waals surface area contributed by atoms with E-state index in [2.05, 4.69) is 25.2 Å². The molecule has 3 aromatic rings. The third-order valence-corrected chi connectivity index (χ3v) is 4.37. The molecule has 0 spiro atoms. The Balaban J connectivity index is 1.67. The number of pyridine rings is 1. The van der Waals surface area contributed by atoms with Gasteiger partial charge in [-0.3, -0.25) is 4.98 Å². The van der Waals surface area contributed by atoms with Crippen molar-refractivity contribution >= 4 is 23.3 Å². The molecule has 0 saturated carbocycles. The number of ether oxygens (including phenoxy) is 1. The molecular weight excluding hydrogens is 366 g/mol. The highest BCUT2D eigenvalue weighted by atomic mass is 16.5. The number of nitrogens with zero attached hydrogens (tertiary/aromatic N) is 4. The number of likely N-dealkylation sites (N-methyl/N-ethyl adjacent to an activating group) is 1. The van der Waals surface area contributed by atoms with Gasteiger partial charge >= 0.3 is 5.97 Å². The first kappa shape index (κ1) is 20.3. The number of rotatable bonds is 8. The van der Waals surface area contributed by atoms with Crippen molar-refractivity contribution in [3.05, 3.63) is 71.8 Å². The van der Waals surface area contributed by atoms with Crippen LogP contribution >= 0.6 is 0 Å². The summed E-state index contributed by atoms with van der Waals surface area (Å²) >= 11 is 0. The number of aromatic nitrogens is 3. The first-order valence-corrected chi connectivity index (χ1v) is 9.55. The van der Waals surface area contributed by atoms with Gasteiger partial charge in [0.2, 0.25) is 0 Å². The summed E-state index contributed by atoms with van der Waals surface area (Å²) in [5.74, 6) is 1.91. The van der Waals surface area contributed by atoms with Gasteiger partial charge in [0.1, 0.15) is 17.5 Å². The molecule has 1 N–H and O–H groups in total. The molecule has 0 bridgehead atoms. The van der Waals surface area contributed by atoms with Gasteiger partial charge in [-0.05, 0) is 62.2 Å². The lowest BCUT2D eigenvalue weighted by Gasteiger charge is -2.19. The third-order valence-electron chi connectivity index (χ3n) is 4.37. The summed E-state index contributed by atoms with van der Waals surface area (Å²) in [5, 5.41) is 3.27. The highest BCUT2D eigenvalue weighted by Gasteiger charge is 2.09. The second-order valence-electron chi connectivity index (χ2n) is 6.61. The molecule has 0 aliphatic carbocycles. The minimum atomic E-state index is -0.324. The maximum atomic E-state index is 11.8. The van der Waals surface area contributed by atoms with Crippen LogP contribution in [0.2, 0.25) is 0 Å². The molecule has 7 nitrogen and oxygen atoms in total. The first-order valence-electron chi connectivity index (χ1n) is 9.55. The number of hydrogen-bond acceptors (Lipinski definition) is 7. The van der Waals surface area contributed by atoms with Gasteiger partial charge in [0.05, 0.1) is 12.2 Å². The zero-order chi connectivity index (χ0) is 20.6. The smallest absolute Gasteiger partial charge is 0.338 e. The standard InChI is InChI=1S/C22H25N5O2/c1-4-29-22(28)18-5-7-19(8-6-18)26-20-15-21(25-16(2)24-20)27(3)14-11-17-9-12-23-13-10-17/h5-10,12-13,15H,4,11,14H2,1-3H3,(H,24,25,26). The van der Waals surface area contributed by atoms with Crippen LogP contribution in [-0.2, 0) is 11.2 Å². The van der Waals surface area contributed by atoms with E-state index in [9.17, 15) is 4.79 Å².